The van der Waals surface area contributed by atoms with Crippen molar-refractivity contribution in [2.45, 2.75) is 10.7 Å². The van der Waals surface area contributed by atoms with Crippen molar-refractivity contribution >= 4 is 15.7 Å². The first-order valence-electron chi connectivity index (χ1n) is 5.66. The van der Waals surface area contributed by atoms with Crippen LogP contribution in [0.15, 0.2) is 22.9 Å². The van der Waals surface area contributed by atoms with E-state index in [0.717, 1.165) is 18.4 Å². The van der Waals surface area contributed by atoms with Crippen molar-refractivity contribution in [3.63, 3.8) is 0 Å². The number of ether oxygens (including phenoxy) is 2. The summed E-state index contributed by atoms with van der Waals surface area (Å²) in [6.45, 7) is -0.111. The Balaban J connectivity index is 2.43. The summed E-state index contributed by atoms with van der Waals surface area (Å²) in [5, 5.41) is 0. The van der Waals surface area contributed by atoms with Gasteiger partial charge >= 0.3 is 0 Å². The molecule has 0 atom stereocenters. The van der Waals surface area contributed by atoms with Gasteiger partial charge in [0.1, 0.15) is 5.82 Å². The lowest BCUT2D eigenvalue weighted by atomic mass is 10.1. The summed E-state index contributed by atoms with van der Waals surface area (Å²) in [4.78, 5) is -0.418. The van der Waals surface area contributed by atoms with Crippen LogP contribution >= 0.6 is 0 Å². The van der Waals surface area contributed by atoms with Crippen LogP contribution in [0.2, 0.25) is 0 Å². The summed E-state index contributed by atoms with van der Waals surface area (Å²) < 4.78 is 75.5. The Hall–Kier alpha value is -1.38. The van der Waals surface area contributed by atoms with Gasteiger partial charge in [0.25, 0.3) is 5.79 Å². The van der Waals surface area contributed by atoms with Crippen molar-refractivity contribution in [2.75, 3.05) is 19.5 Å². The molecule has 0 unspecified atom stereocenters. The Bertz CT molecular complexity index is 733. The van der Waals surface area contributed by atoms with E-state index in [4.69, 9.17) is 9.47 Å². The van der Waals surface area contributed by atoms with Gasteiger partial charge in [-0.25, -0.2) is 21.6 Å². The fourth-order valence-corrected chi connectivity index (χ4v) is 3.38. The number of sulfone groups is 1. The van der Waals surface area contributed by atoms with E-state index in [1.54, 1.807) is 0 Å². The molecular formula is C12H9F3O4S. The molecule has 1 spiro atoms. The van der Waals surface area contributed by atoms with E-state index in [1.807, 2.05) is 0 Å². The Morgan fingerprint density at radius 2 is 1.75 bits per heavy atom. The molecule has 0 amide bonds. The lowest BCUT2D eigenvalue weighted by molar-refractivity contribution is -0.146. The van der Waals surface area contributed by atoms with Crippen LogP contribution in [0.4, 0.5) is 13.2 Å². The van der Waals surface area contributed by atoms with Gasteiger partial charge in [-0.05, 0) is 12.1 Å². The number of hydrogen-bond acceptors (Lipinski definition) is 4. The first-order valence-corrected chi connectivity index (χ1v) is 7.55. The molecule has 20 heavy (non-hydrogen) atoms. The Kier molecular flexibility index (Phi) is 2.76. The van der Waals surface area contributed by atoms with Crippen LogP contribution in [0.25, 0.3) is 5.83 Å². The molecule has 0 N–H and O–H groups in total. The molecule has 108 valence electrons. The van der Waals surface area contributed by atoms with Crippen molar-refractivity contribution in [3.05, 3.63) is 34.9 Å². The average molecular weight is 306 g/mol. The van der Waals surface area contributed by atoms with Gasteiger partial charge in [-0.15, -0.1) is 0 Å². The molecular weight excluding hydrogens is 297 g/mol. The summed E-state index contributed by atoms with van der Waals surface area (Å²) in [5.74, 6) is -6.32. The summed E-state index contributed by atoms with van der Waals surface area (Å²) >= 11 is 0. The standard InChI is InChI=1S/C12H9F3O4S/c1-20(16,17)7-3-2-6(13)8-9(7)12(11(15)10(8)14)18-4-5-19-12/h2-3H,4-5H2,1H3. The second kappa shape index (κ2) is 4.06. The van der Waals surface area contributed by atoms with Crippen molar-refractivity contribution in [1.82, 2.24) is 0 Å². The second-order valence-electron chi connectivity index (χ2n) is 4.51. The quantitative estimate of drug-likeness (QED) is 0.745. The number of hydrogen-bond donors (Lipinski definition) is 0. The van der Waals surface area contributed by atoms with E-state index in [0.29, 0.717) is 0 Å². The predicted molar refractivity (Wildman–Crippen MR) is 62.2 cm³/mol. The topological polar surface area (TPSA) is 52.6 Å². The third-order valence-electron chi connectivity index (χ3n) is 3.24. The van der Waals surface area contributed by atoms with Gasteiger partial charge in [0.15, 0.2) is 15.7 Å². The summed E-state index contributed by atoms with van der Waals surface area (Å²) in [6, 6.07) is 1.72. The molecule has 1 heterocycles. The second-order valence-corrected chi connectivity index (χ2v) is 6.49. The van der Waals surface area contributed by atoms with E-state index in [2.05, 4.69) is 0 Å². The minimum absolute atomic E-state index is 0.0557. The normalized spacial score (nSPS) is 20.8. The van der Waals surface area contributed by atoms with Gasteiger partial charge in [-0.2, -0.15) is 0 Å². The lowest BCUT2D eigenvalue weighted by Crippen LogP contribution is -2.28. The van der Waals surface area contributed by atoms with Crippen LogP contribution in [0.1, 0.15) is 11.1 Å². The highest BCUT2D eigenvalue weighted by molar-refractivity contribution is 7.90. The highest BCUT2D eigenvalue weighted by Crippen LogP contribution is 2.53. The SMILES string of the molecule is CS(=O)(=O)c1ccc(F)c2c1C1(OCCO1)C(F)=C2F. The van der Waals surface area contributed by atoms with Gasteiger partial charge in [0, 0.05) is 6.26 Å². The Labute approximate surface area is 112 Å². The first kappa shape index (κ1) is 13.6. The highest BCUT2D eigenvalue weighted by Gasteiger charge is 2.55. The Morgan fingerprint density at radius 3 is 2.30 bits per heavy atom. The fraction of sp³-hybridized carbons (Fsp3) is 0.333. The van der Waals surface area contributed by atoms with E-state index in [1.165, 1.54) is 0 Å². The smallest absolute Gasteiger partial charge is 0.254 e. The molecule has 1 aliphatic carbocycles. The molecule has 2 aliphatic rings. The van der Waals surface area contributed by atoms with Crippen LogP contribution in [0, 0.1) is 5.82 Å². The number of fused-ring (bicyclic) bond motifs is 2. The van der Waals surface area contributed by atoms with Crippen LogP contribution in [-0.2, 0) is 25.1 Å². The average Bonchev–Trinajstić information content (AvgIpc) is 2.92. The third-order valence-corrected chi connectivity index (χ3v) is 4.38. The maximum atomic E-state index is 14.1. The maximum Gasteiger partial charge on any atom is 0.254 e. The molecule has 0 bridgehead atoms. The molecule has 1 fully saturated rings. The van der Waals surface area contributed by atoms with Gasteiger partial charge in [-0.3, -0.25) is 0 Å². The minimum Gasteiger partial charge on any atom is -0.338 e. The Morgan fingerprint density at radius 1 is 1.15 bits per heavy atom. The number of rotatable bonds is 1. The fourth-order valence-electron chi connectivity index (χ4n) is 2.46. The van der Waals surface area contributed by atoms with Gasteiger partial charge in [0.2, 0.25) is 5.83 Å². The monoisotopic (exact) mass is 306 g/mol. The predicted octanol–water partition coefficient (Wildman–Crippen LogP) is 2.05. The third kappa shape index (κ3) is 1.58. The molecule has 4 nitrogen and oxygen atoms in total. The molecule has 1 aromatic carbocycles. The van der Waals surface area contributed by atoms with Crippen molar-refractivity contribution in [1.29, 1.82) is 0 Å². The highest BCUT2D eigenvalue weighted by atomic mass is 32.2. The van der Waals surface area contributed by atoms with Crippen LogP contribution in [-0.4, -0.2) is 27.9 Å². The lowest BCUT2D eigenvalue weighted by Gasteiger charge is -2.24. The molecule has 1 aliphatic heterocycles. The zero-order valence-corrected chi connectivity index (χ0v) is 11.1. The van der Waals surface area contributed by atoms with Gasteiger partial charge < -0.3 is 9.47 Å². The van der Waals surface area contributed by atoms with E-state index in [9.17, 15) is 21.6 Å². The largest absolute Gasteiger partial charge is 0.338 e. The van der Waals surface area contributed by atoms with Crippen LogP contribution in [0.5, 0.6) is 0 Å². The van der Waals surface area contributed by atoms with E-state index in [-0.39, 0.29) is 13.2 Å². The summed E-state index contributed by atoms with van der Waals surface area (Å²) in [5.41, 5.74) is -1.22. The van der Waals surface area contributed by atoms with Gasteiger partial charge in [0.05, 0.1) is 29.2 Å². The molecule has 0 aromatic heterocycles. The molecule has 0 saturated carbocycles. The number of halogens is 3. The molecule has 3 rings (SSSR count). The summed E-state index contributed by atoms with van der Waals surface area (Å²) in [6.07, 6.45) is 0.858. The summed E-state index contributed by atoms with van der Waals surface area (Å²) in [7, 11) is -3.84. The molecule has 1 saturated heterocycles. The van der Waals surface area contributed by atoms with E-state index < -0.39 is 49.1 Å². The number of benzene rings is 1. The zero-order valence-electron chi connectivity index (χ0n) is 10.2. The minimum atomic E-state index is -3.84. The van der Waals surface area contributed by atoms with Gasteiger partial charge in [-0.1, -0.05) is 0 Å². The van der Waals surface area contributed by atoms with Crippen molar-refractivity contribution in [3.8, 4) is 0 Å². The first-order chi connectivity index (χ1) is 9.29. The van der Waals surface area contributed by atoms with Crippen molar-refractivity contribution in [2.24, 2.45) is 0 Å². The molecule has 1 aromatic rings. The maximum absolute atomic E-state index is 14.1. The van der Waals surface area contributed by atoms with Crippen LogP contribution in [0.3, 0.4) is 0 Å². The molecule has 0 radical (unpaired) electrons. The van der Waals surface area contributed by atoms with Crippen LogP contribution < -0.4 is 0 Å². The van der Waals surface area contributed by atoms with E-state index >= 15 is 0 Å². The molecule has 8 heteroatoms. The zero-order chi connectivity index (χ0) is 14.7. The van der Waals surface area contributed by atoms with Crippen molar-refractivity contribution < 1.29 is 31.1 Å².